The maximum absolute atomic E-state index is 12.4. The summed E-state index contributed by atoms with van der Waals surface area (Å²) in [5.74, 6) is 0.0790. The summed E-state index contributed by atoms with van der Waals surface area (Å²) in [6.07, 6.45) is 1.43. The Morgan fingerprint density at radius 3 is 2.74 bits per heavy atom. The smallest absolute Gasteiger partial charge is 0.338 e. The molecule has 0 spiro atoms. The van der Waals surface area contributed by atoms with Gasteiger partial charge < -0.3 is 14.8 Å². The van der Waals surface area contributed by atoms with Crippen molar-refractivity contribution in [2.75, 3.05) is 26.1 Å². The molecule has 2 heterocycles. The van der Waals surface area contributed by atoms with Crippen LogP contribution in [0.5, 0.6) is 0 Å². The predicted molar refractivity (Wildman–Crippen MR) is 84.2 cm³/mol. The molecule has 23 heavy (non-hydrogen) atoms. The van der Waals surface area contributed by atoms with Crippen LogP contribution in [0.1, 0.15) is 11.6 Å². The molecular formula is C15H15ClN4O3. The minimum absolute atomic E-state index is 0.224. The Labute approximate surface area is 137 Å². The lowest BCUT2D eigenvalue weighted by Gasteiger charge is -2.28. The quantitative estimate of drug-likeness (QED) is 0.862. The van der Waals surface area contributed by atoms with E-state index in [1.165, 1.54) is 13.4 Å². The van der Waals surface area contributed by atoms with Gasteiger partial charge in [0, 0.05) is 12.1 Å². The standard InChI is InChI=1S/C15H15ClN4O3/c1-22-7-11-12(14(21)23-2)13(9-3-5-10(16)6-4-9)20-15(19-11)17-8-18-20/h3-6,8,13H,7H2,1-2H3,(H,17,18,19). The van der Waals surface area contributed by atoms with Gasteiger partial charge in [0.05, 0.1) is 25.0 Å². The molecule has 8 heteroatoms. The third-order valence-electron chi connectivity index (χ3n) is 3.56. The van der Waals surface area contributed by atoms with Crippen LogP contribution in [0.15, 0.2) is 41.9 Å². The van der Waals surface area contributed by atoms with E-state index < -0.39 is 12.0 Å². The topological polar surface area (TPSA) is 78.3 Å². The van der Waals surface area contributed by atoms with Crippen molar-refractivity contribution in [2.45, 2.75) is 6.04 Å². The number of halogens is 1. The van der Waals surface area contributed by atoms with E-state index in [9.17, 15) is 4.79 Å². The van der Waals surface area contributed by atoms with Crippen LogP contribution in [-0.2, 0) is 14.3 Å². The lowest BCUT2D eigenvalue weighted by molar-refractivity contribution is -0.136. The van der Waals surface area contributed by atoms with Crippen molar-refractivity contribution in [1.29, 1.82) is 0 Å². The summed E-state index contributed by atoms with van der Waals surface area (Å²) >= 11 is 5.96. The van der Waals surface area contributed by atoms with Gasteiger partial charge in [0.2, 0.25) is 5.95 Å². The highest BCUT2D eigenvalue weighted by atomic mass is 35.5. The zero-order valence-electron chi connectivity index (χ0n) is 12.6. The molecule has 7 nitrogen and oxygen atoms in total. The monoisotopic (exact) mass is 334 g/mol. The number of fused-ring (bicyclic) bond motifs is 1. The summed E-state index contributed by atoms with van der Waals surface area (Å²) in [6.45, 7) is 0.224. The number of anilines is 1. The van der Waals surface area contributed by atoms with Gasteiger partial charge in [0.1, 0.15) is 12.4 Å². The molecule has 0 saturated carbocycles. The summed E-state index contributed by atoms with van der Waals surface area (Å²) in [5, 5.41) is 7.91. The molecule has 0 radical (unpaired) electrons. The summed E-state index contributed by atoms with van der Waals surface area (Å²) in [5.41, 5.74) is 1.87. The number of aromatic nitrogens is 3. The van der Waals surface area contributed by atoms with E-state index in [2.05, 4.69) is 15.4 Å². The Balaban J connectivity index is 2.18. The van der Waals surface area contributed by atoms with Gasteiger partial charge in [0.15, 0.2) is 0 Å². The zero-order chi connectivity index (χ0) is 16.4. The molecule has 0 fully saturated rings. The number of carbonyl (C=O) groups excluding carboxylic acids is 1. The van der Waals surface area contributed by atoms with Crippen molar-refractivity contribution >= 4 is 23.5 Å². The number of benzene rings is 1. The van der Waals surface area contributed by atoms with Crippen LogP contribution in [-0.4, -0.2) is 41.6 Å². The van der Waals surface area contributed by atoms with Gasteiger partial charge in [-0.05, 0) is 17.7 Å². The van der Waals surface area contributed by atoms with Gasteiger partial charge in [0.25, 0.3) is 0 Å². The average Bonchev–Trinajstić information content (AvgIpc) is 3.02. The lowest BCUT2D eigenvalue weighted by Crippen LogP contribution is -2.31. The van der Waals surface area contributed by atoms with E-state index in [4.69, 9.17) is 21.1 Å². The fourth-order valence-corrected chi connectivity index (χ4v) is 2.70. The van der Waals surface area contributed by atoms with Crippen molar-refractivity contribution in [2.24, 2.45) is 0 Å². The highest BCUT2D eigenvalue weighted by Crippen LogP contribution is 2.35. The molecule has 1 N–H and O–H groups in total. The van der Waals surface area contributed by atoms with Crippen LogP contribution in [0.4, 0.5) is 5.95 Å². The van der Waals surface area contributed by atoms with Gasteiger partial charge in [-0.1, -0.05) is 23.7 Å². The molecule has 0 saturated heterocycles. The van der Waals surface area contributed by atoms with Crippen LogP contribution < -0.4 is 5.32 Å². The fourth-order valence-electron chi connectivity index (χ4n) is 2.57. The molecule has 0 aliphatic carbocycles. The van der Waals surface area contributed by atoms with Crippen LogP contribution in [0.25, 0.3) is 0 Å². The second-order valence-corrected chi connectivity index (χ2v) is 5.36. The Kier molecular flexibility index (Phi) is 4.31. The molecule has 0 amide bonds. The fraction of sp³-hybridized carbons (Fsp3) is 0.267. The molecule has 1 atom stereocenters. The van der Waals surface area contributed by atoms with E-state index in [1.54, 1.807) is 23.9 Å². The summed E-state index contributed by atoms with van der Waals surface area (Å²) in [4.78, 5) is 16.5. The summed E-state index contributed by atoms with van der Waals surface area (Å²) in [7, 11) is 2.90. The average molecular weight is 335 g/mol. The van der Waals surface area contributed by atoms with Crippen molar-refractivity contribution in [3.63, 3.8) is 0 Å². The number of nitrogens with one attached hydrogen (secondary N) is 1. The highest BCUT2D eigenvalue weighted by Gasteiger charge is 2.35. The molecule has 1 unspecified atom stereocenters. The SMILES string of the molecule is COCC1=C(C(=O)OC)C(c2ccc(Cl)cc2)n2ncnc2N1. The molecule has 1 aromatic carbocycles. The van der Waals surface area contributed by atoms with Crippen LogP contribution in [0.3, 0.4) is 0 Å². The molecule has 3 rings (SSSR count). The van der Waals surface area contributed by atoms with E-state index in [0.29, 0.717) is 22.2 Å². The number of hydrogen-bond donors (Lipinski definition) is 1. The van der Waals surface area contributed by atoms with Gasteiger partial charge in [-0.25, -0.2) is 9.48 Å². The number of rotatable bonds is 4. The largest absolute Gasteiger partial charge is 0.466 e. The predicted octanol–water partition coefficient (Wildman–Crippen LogP) is 2.02. The molecule has 1 aliphatic rings. The minimum Gasteiger partial charge on any atom is -0.466 e. The molecular weight excluding hydrogens is 320 g/mol. The third-order valence-corrected chi connectivity index (χ3v) is 3.81. The second-order valence-electron chi connectivity index (χ2n) is 4.92. The Hall–Kier alpha value is -2.38. The first kappa shape index (κ1) is 15.5. The summed E-state index contributed by atoms with van der Waals surface area (Å²) < 4.78 is 11.8. The zero-order valence-corrected chi connectivity index (χ0v) is 13.4. The lowest BCUT2D eigenvalue weighted by atomic mass is 9.95. The first-order chi connectivity index (χ1) is 11.2. The van der Waals surface area contributed by atoms with Crippen molar-refractivity contribution in [1.82, 2.24) is 14.8 Å². The van der Waals surface area contributed by atoms with Gasteiger partial charge >= 0.3 is 5.97 Å². The van der Waals surface area contributed by atoms with Crippen LogP contribution >= 0.6 is 11.6 Å². The van der Waals surface area contributed by atoms with E-state index in [-0.39, 0.29) is 6.61 Å². The molecule has 2 aromatic rings. The maximum atomic E-state index is 12.4. The summed E-state index contributed by atoms with van der Waals surface area (Å²) in [6, 6.07) is 6.75. The highest BCUT2D eigenvalue weighted by molar-refractivity contribution is 6.30. The second kappa shape index (κ2) is 6.39. The number of hydrogen-bond acceptors (Lipinski definition) is 6. The maximum Gasteiger partial charge on any atom is 0.338 e. The van der Waals surface area contributed by atoms with Crippen LogP contribution in [0, 0.1) is 0 Å². The van der Waals surface area contributed by atoms with Crippen molar-refractivity contribution < 1.29 is 14.3 Å². The Morgan fingerprint density at radius 1 is 1.35 bits per heavy atom. The molecule has 120 valence electrons. The van der Waals surface area contributed by atoms with E-state index in [0.717, 1.165) is 5.56 Å². The molecule has 0 bridgehead atoms. The van der Waals surface area contributed by atoms with Crippen molar-refractivity contribution in [3.05, 3.63) is 52.4 Å². The van der Waals surface area contributed by atoms with Gasteiger partial charge in [-0.15, -0.1) is 0 Å². The minimum atomic E-state index is -0.469. The van der Waals surface area contributed by atoms with Crippen LogP contribution in [0.2, 0.25) is 5.02 Å². The molecule has 1 aliphatic heterocycles. The number of methoxy groups -OCH3 is 2. The van der Waals surface area contributed by atoms with E-state index >= 15 is 0 Å². The third kappa shape index (κ3) is 2.80. The number of esters is 1. The van der Waals surface area contributed by atoms with Gasteiger partial charge in [-0.2, -0.15) is 10.1 Å². The van der Waals surface area contributed by atoms with Gasteiger partial charge in [-0.3, -0.25) is 0 Å². The number of carbonyl (C=O) groups is 1. The first-order valence-electron chi connectivity index (χ1n) is 6.88. The normalized spacial score (nSPS) is 16.7. The number of ether oxygens (including phenoxy) is 2. The van der Waals surface area contributed by atoms with E-state index in [1.807, 2.05) is 12.1 Å². The first-order valence-corrected chi connectivity index (χ1v) is 7.25. The molecule has 1 aromatic heterocycles. The Morgan fingerprint density at radius 2 is 2.09 bits per heavy atom. The number of nitrogens with zero attached hydrogens (tertiary/aromatic N) is 3. The Bertz CT molecular complexity index is 754. The van der Waals surface area contributed by atoms with Crippen molar-refractivity contribution in [3.8, 4) is 0 Å².